The summed E-state index contributed by atoms with van der Waals surface area (Å²) in [5, 5.41) is 8.55. The van der Waals surface area contributed by atoms with Crippen molar-refractivity contribution in [2.24, 2.45) is 5.41 Å². The summed E-state index contributed by atoms with van der Waals surface area (Å²) in [6, 6.07) is 0. The van der Waals surface area contributed by atoms with E-state index in [4.69, 9.17) is 16.3 Å². The lowest BCUT2D eigenvalue weighted by atomic mass is 10.0. The first-order valence-electron chi connectivity index (χ1n) is 3.92. The first-order valence-corrected chi connectivity index (χ1v) is 3.92. The molecule has 0 amide bonds. The molecule has 1 N–H and O–H groups in total. The number of ether oxygens (including phenoxy) is 1. The molecule has 1 aliphatic rings. The highest BCUT2D eigenvalue weighted by atomic mass is 16.5. The molecule has 3 nitrogen and oxygen atoms in total. The van der Waals surface area contributed by atoms with Crippen LogP contribution in [0.1, 0.15) is 19.3 Å². The molecule has 3 heteroatoms. The molecule has 0 aromatic rings. The van der Waals surface area contributed by atoms with Gasteiger partial charge in [-0.25, -0.2) is 0 Å². The number of terminal acetylenes is 1. The molecule has 1 rings (SSSR count). The Hall–Kier alpha value is -1.01. The molecule has 0 atom stereocenters. The minimum absolute atomic E-state index is 0.0946. The van der Waals surface area contributed by atoms with E-state index in [0.717, 1.165) is 12.8 Å². The Bertz CT molecular complexity index is 210. The van der Waals surface area contributed by atoms with E-state index in [0.29, 0.717) is 6.61 Å². The third-order valence-corrected chi connectivity index (χ3v) is 2.08. The van der Waals surface area contributed by atoms with Crippen LogP contribution in [0.25, 0.3) is 0 Å². The van der Waals surface area contributed by atoms with Crippen molar-refractivity contribution < 1.29 is 14.6 Å². The molecule has 1 aliphatic carbocycles. The van der Waals surface area contributed by atoms with E-state index in [1.165, 1.54) is 0 Å². The molecule has 0 heterocycles. The van der Waals surface area contributed by atoms with Crippen molar-refractivity contribution in [1.29, 1.82) is 0 Å². The fourth-order valence-electron chi connectivity index (χ4n) is 1.20. The minimum Gasteiger partial charge on any atom is -0.481 e. The third kappa shape index (κ3) is 2.55. The van der Waals surface area contributed by atoms with Gasteiger partial charge in [0, 0.05) is 5.41 Å². The van der Waals surface area contributed by atoms with Crippen molar-refractivity contribution in [1.82, 2.24) is 0 Å². The summed E-state index contributed by atoms with van der Waals surface area (Å²) in [4.78, 5) is 10.4. The van der Waals surface area contributed by atoms with Gasteiger partial charge in [-0.1, -0.05) is 5.92 Å². The highest BCUT2D eigenvalue weighted by molar-refractivity contribution is 5.68. The predicted molar refractivity (Wildman–Crippen MR) is 43.6 cm³/mol. The minimum atomic E-state index is -0.753. The Morgan fingerprint density at radius 2 is 2.33 bits per heavy atom. The zero-order valence-corrected chi connectivity index (χ0v) is 6.88. The van der Waals surface area contributed by atoms with Crippen molar-refractivity contribution in [3.05, 3.63) is 0 Å². The summed E-state index contributed by atoms with van der Waals surface area (Å²) in [6.07, 6.45) is 7.09. The average Bonchev–Trinajstić information content (AvgIpc) is 2.69. The molecule has 0 aromatic heterocycles. The van der Waals surface area contributed by atoms with Gasteiger partial charge in [0.1, 0.15) is 6.61 Å². The van der Waals surface area contributed by atoms with E-state index in [9.17, 15) is 4.79 Å². The van der Waals surface area contributed by atoms with E-state index in [-0.39, 0.29) is 18.4 Å². The summed E-state index contributed by atoms with van der Waals surface area (Å²) in [7, 11) is 0. The number of carbonyl (C=O) groups is 1. The zero-order valence-electron chi connectivity index (χ0n) is 6.88. The van der Waals surface area contributed by atoms with E-state index < -0.39 is 5.97 Å². The molecule has 0 radical (unpaired) electrons. The van der Waals surface area contributed by atoms with Crippen molar-refractivity contribution >= 4 is 5.97 Å². The first kappa shape index (κ1) is 9.08. The topological polar surface area (TPSA) is 46.5 Å². The van der Waals surface area contributed by atoms with Crippen LogP contribution in [0.15, 0.2) is 0 Å². The number of carboxylic acids is 1. The monoisotopic (exact) mass is 168 g/mol. The van der Waals surface area contributed by atoms with Crippen LogP contribution in [0.5, 0.6) is 0 Å². The molecule has 12 heavy (non-hydrogen) atoms. The maximum Gasteiger partial charge on any atom is 0.303 e. The number of carboxylic acid groups (broad SMARTS) is 1. The quantitative estimate of drug-likeness (QED) is 0.490. The van der Waals surface area contributed by atoms with E-state index in [1.807, 2.05) is 0 Å². The van der Waals surface area contributed by atoms with E-state index in [2.05, 4.69) is 5.92 Å². The van der Waals surface area contributed by atoms with Gasteiger partial charge in [-0.2, -0.15) is 0 Å². The maximum atomic E-state index is 10.4. The predicted octanol–water partition coefficient (Wildman–Crippen LogP) is 0.891. The maximum absolute atomic E-state index is 10.4. The first-order chi connectivity index (χ1) is 5.68. The van der Waals surface area contributed by atoms with Crippen LogP contribution >= 0.6 is 0 Å². The molecule has 0 spiro atoms. The van der Waals surface area contributed by atoms with E-state index >= 15 is 0 Å². The third-order valence-electron chi connectivity index (χ3n) is 2.08. The molecule has 1 fully saturated rings. The summed E-state index contributed by atoms with van der Waals surface area (Å²) in [6.45, 7) is 0.769. The molecule has 0 saturated heterocycles. The molecular weight excluding hydrogens is 156 g/mol. The van der Waals surface area contributed by atoms with E-state index in [1.54, 1.807) is 0 Å². The largest absolute Gasteiger partial charge is 0.481 e. The van der Waals surface area contributed by atoms with Gasteiger partial charge in [-0.15, -0.1) is 6.42 Å². The van der Waals surface area contributed by atoms with Gasteiger partial charge in [0.2, 0.25) is 0 Å². The molecule has 1 saturated carbocycles. The molecule has 0 aromatic carbocycles. The Kier molecular flexibility index (Phi) is 2.72. The van der Waals surface area contributed by atoms with Crippen LogP contribution < -0.4 is 0 Å². The molecular formula is C9H12O3. The van der Waals surface area contributed by atoms with Crippen molar-refractivity contribution in [3.8, 4) is 12.3 Å². The lowest BCUT2D eigenvalue weighted by Gasteiger charge is -2.10. The van der Waals surface area contributed by atoms with Crippen LogP contribution in [0.2, 0.25) is 0 Å². The number of rotatable bonds is 5. The number of hydrogen-bond acceptors (Lipinski definition) is 2. The SMILES string of the molecule is C#CCOCC1(CC(=O)O)CC1. The fourth-order valence-corrected chi connectivity index (χ4v) is 1.20. The number of aliphatic carboxylic acids is 1. The highest BCUT2D eigenvalue weighted by Gasteiger charge is 2.44. The average molecular weight is 168 g/mol. The smallest absolute Gasteiger partial charge is 0.303 e. The zero-order chi connectivity index (χ0) is 9.03. The Labute approximate surface area is 71.7 Å². The summed E-state index contributed by atoms with van der Waals surface area (Å²) < 4.78 is 5.11. The van der Waals surface area contributed by atoms with Gasteiger partial charge in [0.15, 0.2) is 0 Å². The molecule has 0 aliphatic heterocycles. The van der Waals surface area contributed by atoms with Gasteiger partial charge in [0.05, 0.1) is 13.0 Å². The lowest BCUT2D eigenvalue weighted by molar-refractivity contribution is -0.139. The lowest BCUT2D eigenvalue weighted by Crippen LogP contribution is -2.15. The van der Waals surface area contributed by atoms with Gasteiger partial charge in [-0.05, 0) is 12.8 Å². The molecule has 66 valence electrons. The van der Waals surface area contributed by atoms with Gasteiger partial charge < -0.3 is 9.84 Å². The summed E-state index contributed by atoms with van der Waals surface area (Å²) in [5.74, 6) is 1.60. The van der Waals surface area contributed by atoms with Crippen molar-refractivity contribution in [2.45, 2.75) is 19.3 Å². The Morgan fingerprint density at radius 1 is 1.67 bits per heavy atom. The van der Waals surface area contributed by atoms with Crippen molar-refractivity contribution in [2.75, 3.05) is 13.2 Å². The van der Waals surface area contributed by atoms with Crippen LogP contribution in [-0.4, -0.2) is 24.3 Å². The molecule has 0 unspecified atom stereocenters. The Morgan fingerprint density at radius 3 is 2.75 bits per heavy atom. The Balaban J connectivity index is 2.21. The van der Waals surface area contributed by atoms with Crippen LogP contribution in [0.3, 0.4) is 0 Å². The second kappa shape index (κ2) is 3.59. The van der Waals surface area contributed by atoms with Gasteiger partial charge in [0.25, 0.3) is 0 Å². The second-order valence-corrected chi connectivity index (χ2v) is 3.27. The van der Waals surface area contributed by atoms with Gasteiger partial charge in [-0.3, -0.25) is 4.79 Å². The summed E-state index contributed by atoms with van der Waals surface area (Å²) in [5.41, 5.74) is -0.0946. The fraction of sp³-hybridized carbons (Fsp3) is 0.667. The summed E-state index contributed by atoms with van der Waals surface area (Å²) >= 11 is 0. The van der Waals surface area contributed by atoms with Crippen molar-refractivity contribution in [3.63, 3.8) is 0 Å². The van der Waals surface area contributed by atoms with Crippen LogP contribution in [-0.2, 0) is 9.53 Å². The standard InChI is InChI=1S/C9H12O3/c1-2-5-12-7-9(3-4-9)6-8(10)11/h1H,3-7H2,(H,10,11). The van der Waals surface area contributed by atoms with Crippen LogP contribution in [0, 0.1) is 17.8 Å². The van der Waals surface area contributed by atoms with Gasteiger partial charge >= 0.3 is 5.97 Å². The van der Waals surface area contributed by atoms with Crippen LogP contribution in [0.4, 0.5) is 0 Å². The second-order valence-electron chi connectivity index (χ2n) is 3.27. The normalized spacial score (nSPS) is 18.2. The molecule has 0 bridgehead atoms. The highest BCUT2D eigenvalue weighted by Crippen LogP contribution is 2.48. The number of hydrogen-bond donors (Lipinski definition) is 1.